The highest BCUT2D eigenvalue weighted by Crippen LogP contribution is 2.26. The van der Waals surface area contributed by atoms with Gasteiger partial charge in [-0.1, -0.05) is 0 Å². The zero-order valence-electron chi connectivity index (χ0n) is 5.75. The number of carbonyl (C=O) groups is 1. The second-order valence-electron chi connectivity index (χ2n) is 1.94. The largest absolute Gasteiger partial charge is 0.478 e. The number of carboxylic acids is 1. The molecule has 0 aliphatic heterocycles. The number of furan rings is 1. The summed E-state index contributed by atoms with van der Waals surface area (Å²) in [6.07, 6.45) is 2.29. The van der Waals surface area contributed by atoms with E-state index < -0.39 is 5.97 Å². The van der Waals surface area contributed by atoms with E-state index in [9.17, 15) is 4.79 Å². The third kappa shape index (κ3) is 2.39. The Kier molecular flexibility index (Phi) is 2.94. The van der Waals surface area contributed by atoms with E-state index in [1.54, 1.807) is 6.07 Å². The van der Waals surface area contributed by atoms with Gasteiger partial charge in [0.25, 0.3) is 0 Å². The van der Waals surface area contributed by atoms with Gasteiger partial charge in [0.05, 0.1) is 4.47 Å². The van der Waals surface area contributed by atoms with E-state index in [-0.39, 0.29) is 5.22 Å². The van der Waals surface area contributed by atoms with Crippen LogP contribution in [0.2, 0.25) is 5.22 Å². The standard InChI is InChI=1S/C7H4BrClO3/c8-5-3-4(12-7(5)9)1-2-6(10)11/h1-3H,(H,10,11). The topological polar surface area (TPSA) is 50.4 Å². The molecular weight excluding hydrogens is 247 g/mol. The molecule has 0 aliphatic carbocycles. The van der Waals surface area contributed by atoms with Crippen LogP contribution >= 0.6 is 27.5 Å². The fourth-order valence-corrected chi connectivity index (χ4v) is 1.05. The molecule has 64 valence electrons. The van der Waals surface area contributed by atoms with E-state index in [1.165, 1.54) is 6.08 Å². The lowest BCUT2D eigenvalue weighted by Crippen LogP contribution is -1.84. The van der Waals surface area contributed by atoms with Gasteiger partial charge >= 0.3 is 5.97 Å². The van der Waals surface area contributed by atoms with Gasteiger partial charge in [0.1, 0.15) is 5.76 Å². The Labute approximate surface area is 81.8 Å². The summed E-state index contributed by atoms with van der Waals surface area (Å²) in [4.78, 5) is 10.1. The Morgan fingerprint density at radius 3 is 2.83 bits per heavy atom. The first-order valence-corrected chi connectivity index (χ1v) is 4.12. The van der Waals surface area contributed by atoms with Crippen LogP contribution in [0.25, 0.3) is 6.08 Å². The van der Waals surface area contributed by atoms with Crippen molar-refractivity contribution in [3.8, 4) is 0 Å². The molecule has 1 heterocycles. The SMILES string of the molecule is O=C(O)C=Cc1cc(Br)c(Cl)o1. The Bertz CT molecular complexity index is 310. The maximum atomic E-state index is 10.1. The first kappa shape index (κ1) is 9.35. The van der Waals surface area contributed by atoms with Gasteiger partial charge in [-0.2, -0.15) is 0 Å². The Morgan fingerprint density at radius 2 is 2.42 bits per heavy atom. The van der Waals surface area contributed by atoms with E-state index in [2.05, 4.69) is 15.9 Å². The average Bonchev–Trinajstić information content (AvgIpc) is 2.28. The predicted octanol–water partition coefficient (Wildman–Crippen LogP) is 2.79. The number of halogens is 2. The molecule has 3 nitrogen and oxygen atoms in total. The van der Waals surface area contributed by atoms with E-state index in [4.69, 9.17) is 21.1 Å². The molecule has 0 bridgehead atoms. The van der Waals surface area contributed by atoms with Crippen LogP contribution in [-0.4, -0.2) is 11.1 Å². The van der Waals surface area contributed by atoms with Crippen molar-refractivity contribution in [3.05, 3.63) is 27.6 Å². The predicted molar refractivity (Wildman–Crippen MR) is 48.1 cm³/mol. The summed E-state index contributed by atoms with van der Waals surface area (Å²) in [5, 5.41) is 8.49. The van der Waals surface area contributed by atoms with E-state index in [0.29, 0.717) is 10.2 Å². The van der Waals surface area contributed by atoms with E-state index in [1.807, 2.05) is 0 Å². The van der Waals surface area contributed by atoms with Crippen molar-refractivity contribution in [3.63, 3.8) is 0 Å². The number of rotatable bonds is 2. The molecule has 0 amide bonds. The summed E-state index contributed by atoms with van der Waals surface area (Å²) in [5.74, 6) is -0.632. The van der Waals surface area contributed by atoms with Crippen LogP contribution in [0.15, 0.2) is 21.0 Å². The highest BCUT2D eigenvalue weighted by atomic mass is 79.9. The minimum absolute atomic E-state index is 0.208. The van der Waals surface area contributed by atoms with Gasteiger partial charge < -0.3 is 9.52 Å². The molecule has 0 fully saturated rings. The first-order valence-electron chi connectivity index (χ1n) is 2.95. The van der Waals surface area contributed by atoms with E-state index in [0.717, 1.165) is 6.08 Å². The number of hydrogen-bond acceptors (Lipinski definition) is 2. The van der Waals surface area contributed by atoms with Crippen LogP contribution in [0.3, 0.4) is 0 Å². The van der Waals surface area contributed by atoms with E-state index >= 15 is 0 Å². The summed E-state index contributed by atoms with van der Waals surface area (Å²) < 4.78 is 5.54. The lowest BCUT2D eigenvalue weighted by atomic mass is 10.4. The first-order chi connectivity index (χ1) is 5.59. The number of carboxylic acid groups (broad SMARTS) is 1. The third-order valence-electron chi connectivity index (χ3n) is 1.05. The van der Waals surface area contributed by atoms with Crippen LogP contribution in [-0.2, 0) is 4.79 Å². The quantitative estimate of drug-likeness (QED) is 0.822. The monoisotopic (exact) mass is 250 g/mol. The molecule has 1 N–H and O–H groups in total. The molecule has 0 saturated heterocycles. The van der Waals surface area contributed by atoms with Gasteiger partial charge in [-0.25, -0.2) is 4.79 Å². The molecule has 0 radical (unpaired) electrons. The normalized spacial score (nSPS) is 10.8. The van der Waals surface area contributed by atoms with Crippen molar-refractivity contribution in [2.45, 2.75) is 0 Å². The molecule has 0 spiro atoms. The zero-order chi connectivity index (χ0) is 9.14. The van der Waals surface area contributed by atoms with Crippen molar-refractivity contribution in [1.29, 1.82) is 0 Å². The Balaban J connectivity index is 2.83. The second kappa shape index (κ2) is 3.78. The van der Waals surface area contributed by atoms with Crippen LogP contribution in [0, 0.1) is 0 Å². The lowest BCUT2D eigenvalue weighted by Gasteiger charge is -1.80. The molecule has 5 heteroatoms. The zero-order valence-corrected chi connectivity index (χ0v) is 8.09. The highest BCUT2D eigenvalue weighted by Gasteiger charge is 2.03. The maximum Gasteiger partial charge on any atom is 0.328 e. The van der Waals surface area contributed by atoms with Crippen molar-refractivity contribution >= 4 is 39.6 Å². The highest BCUT2D eigenvalue weighted by molar-refractivity contribution is 9.10. The van der Waals surface area contributed by atoms with Gasteiger partial charge in [0.2, 0.25) is 5.22 Å². The number of hydrogen-bond donors (Lipinski definition) is 1. The summed E-state index contributed by atoms with van der Waals surface area (Å²) >= 11 is 8.67. The fourth-order valence-electron chi connectivity index (χ4n) is 0.599. The van der Waals surface area contributed by atoms with Crippen LogP contribution in [0.4, 0.5) is 0 Å². The van der Waals surface area contributed by atoms with Crippen LogP contribution in [0.5, 0.6) is 0 Å². The third-order valence-corrected chi connectivity index (χ3v) is 2.15. The van der Waals surface area contributed by atoms with Gasteiger partial charge in [-0.3, -0.25) is 0 Å². The smallest absolute Gasteiger partial charge is 0.328 e. The van der Waals surface area contributed by atoms with Gasteiger partial charge in [0.15, 0.2) is 0 Å². The molecule has 0 aromatic carbocycles. The Morgan fingerprint density at radius 1 is 1.75 bits per heavy atom. The van der Waals surface area contributed by atoms with Gasteiger partial charge in [-0.05, 0) is 39.7 Å². The minimum atomic E-state index is -1.03. The Hall–Kier alpha value is -0.740. The molecule has 0 unspecified atom stereocenters. The molecule has 0 aliphatic rings. The van der Waals surface area contributed by atoms with Gasteiger partial charge in [0, 0.05) is 6.08 Å². The molecular formula is C7H4BrClO3. The van der Waals surface area contributed by atoms with Gasteiger partial charge in [-0.15, -0.1) is 0 Å². The molecule has 0 saturated carbocycles. The van der Waals surface area contributed by atoms with Crippen LogP contribution in [0.1, 0.15) is 5.76 Å². The molecule has 1 rings (SSSR count). The summed E-state index contributed by atoms with van der Waals surface area (Å²) in [5.41, 5.74) is 0. The summed E-state index contributed by atoms with van der Waals surface area (Å²) in [7, 11) is 0. The average molecular weight is 251 g/mol. The molecule has 1 aromatic heterocycles. The number of aliphatic carboxylic acids is 1. The molecule has 0 atom stereocenters. The minimum Gasteiger partial charge on any atom is -0.478 e. The molecule has 12 heavy (non-hydrogen) atoms. The summed E-state index contributed by atoms with van der Waals surface area (Å²) in [6.45, 7) is 0. The fraction of sp³-hybridized carbons (Fsp3) is 0. The molecule has 1 aromatic rings. The second-order valence-corrected chi connectivity index (χ2v) is 3.14. The van der Waals surface area contributed by atoms with Crippen LogP contribution < -0.4 is 0 Å². The lowest BCUT2D eigenvalue weighted by molar-refractivity contribution is -0.131. The van der Waals surface area contributed by atoms with Crippen molar-refractivity contribution in [2.75, 3.05) is 0 Å². The van der Waals surface area contributed by atoms with Crippen molar-refractivity contribution in [2.24, 2.45) is 0 Å². The van der Waals surface area contributed by atoms with Crippen molar-refractivity contribution < 1.29 is 14.3 Å². The maximum absolute atomic E-state index is 10.1. The van der Waals surface area contributed by atoms with Crippen molar-refractivity contribution in [1.82, 2.24) is 0 Å². The summed E-state index contributed by atoms with van der Waals surface area (Å²) in [6, 6.07) is 1.59.